The Morgan fingerprint density at radius 2 is 1.81 bits per heavy atom. The molecule has 124 valence electrons. The first-order valence-electron chi connectivity index (χ1n) is 9.39. The van der Waals surface area contributed by atoms with E-state index in [1.165, 1.54) is 51.6 Å². The van der Waals surface area contributed by atoms with Crippen molar-refractivity contribution in [3.05, 3.63) is 0 Å². The lowest BCUT2D eigenvalue weighted by Crippen LogP contribution is -2.54. The van der Waals surface area contributed by atoms with E-state index in [1.807, 2.05) is 0 Å². The van der Waals surface area contributed by atoms with Crippen molar-refractivity contribution < 1.29 is 0 Å². The van der Waals surface area contributed by atoms with Crippen LogP contribution in [0.4, 0.5) is 0 Å². The van der Waals surface area contributed by atoms with E-state index in [9.17, 15) is 0 Å². The van der Waals surface area contributed by atoms with Gasteiger partial charge in [0, 0.05) is 12.1 Å². The second-order valence-corrected chi connectivity index (χ2v) is 8.68. The van der Waals surface area contributed by atoms with Crippen molar-refractivity contribution in [2.24, 2.45) is 17.3 Å². The molecule has 21 heavy (non-hydrogen) atoms. The van der Waals surface area contributed by atoms with Gasteiger partial charge in [-0.3, -0.25) is 4.90 Å². The van der Waals surface area contributed by atoms with Crippen LogP contribution >= 0.6 is 0 Å². The molecular formula is C19H38N2. The van der Waals surface area contributed by atoms with E-state index in [1.54, 1.807) is 0 Å². The Morgan fingerprint density at radius 1 is 1.05 bits per heavy atom. The van der Waals surface area contributed by atoms with Crippen molar-refractivity contribution in [2.75, 3.05) is 19.6 Å². The van der Waals surface area contributed by atoms with E-state index in [4.69, 9.17) is 0 Å². The molecule has 0 radical (unpaired) electrons. The SMILES string of the molecule is CCNC1CCC(C(C)(C)C)CC1N1CCCC(C)CC1. The highest BCUT2D eigenvalue weighted by molar-refractivity contribution is 4.94. The Morgan fingerprint density at radius 3 is 2.48 bits per heavy atom. The first-order valence-corrected chi connectivity index (χ1v) is 9.39. The normalized spacial score (nSPS) is 36.4. The Labute approximate surface area is 133 Å². The Balaban J connectivity index is 2.05. The van der Waals surface area contributed by atoms with Gasteiger partial charge in [0.25, 0.3) is 0 Å². The van der Waals surface area contributed by atoms with Gasteiger partial charge >= 0.3 is 0 Å². The second-order valence-electron chi connectivity index (χ2n) is 8.68. The number of nitrogens with one attached hydrogen (secondary N) is 1. The third-order valence-electron chi connectivity index (χ3n) is 6.03. The molecular weight excluding hydrogens is 256 g/mol. The van der Waals surface area contributed by atoms with Gasteiger partial charge in [-0.25, -0.2) is 0 Å². The highest BCUT2D eigenvalue weighted by Crippen LogP contribution is 2.40. The molecule has 1 saturated heterocycles. The molecule has 2 rings (SSSR count). The monoisotopic (exact) mass is 294 g/mol. The van der Waals surface area contributed by atoms with Gasteiger partial charge in [0.15, 0.2) is 0 Å². The smallest absolute Gasteiger partial charge is 0.0252 e. The topological polar surface area (TPSA) is 15.3 Å². The zero-order valence-corrected chi connectivity index (χ0v) is 15.1. The summed E-state index contributed by atoms with van der Waals surface area (Å²) in [6, 6.07) is 1.50. The van der Waals surface area contributed by atoms with Gasteiger partial charge in [0.2, 0.25) is 0 Å². The quantitative estimate of drug-likeness (QED) is 0.835. The van der Waals surface area contributed by atoms with Crippen molar-refractivity contribution in [3.63, 3.8) is 0 Å². The summed E-state index contributed by atoms with van der Waals surface area (Å²) in [6.45, 7) is 15.8. The Bertz CT molecular complexity index is 307. The van der Waals surface area contributed by atoms with E-state index >= 15 is 0 Å². The Kier molecular flexibility index (Phi) is 6.14. The maximum atomic E-state index is 3.79. The van der Waals surface area contributed by atoms with Gasteiger partial charge in [-0.1, -0.05) is 34.6 Å². The van der Waals surface area contributed by atoms with Crippen molar-refractivity contribution in [2.45, 2.75) is 85.2 Å². The third-order valence-corrected chi connectivity index (χ3v) is 6.03. The van der Waals surface area contributed by atoms with Crippen molar-refractivity contribution in [1.82, 2.24) is 10.2 Å². The fourth-order valence-corrected chi connectivity index (χ4v) is 4.45. The summed E-state index contributed by atoms with van der Waals surface area (Å²) < 4.78 is 0. The van der Waals surface area contributed by atoms with Gasteiger partial charge in [-0.15, -0.1) is 0 Å². The van der Waals surface area contributed by atoms with Crippen molar-refractivity contribution in [1.29, 1.82) is 0 Å². The zero-order valence-electron chi connectivity index (χ0n) is 15.1. The molecule has 1 N–H and O–H groups in total. The predicted octanol–water partition coefficient (Wildman–Crippen LogP) is 4.30. The van der Waals surface area contributed by atoms with E-state index < -0.39 is 0 Å². The summed E-state index contributed by atoms with van der Waals surface area (Å²) in [5.74, 6) is 1.81. The van der Waals surface area contributed by atoms with Crippen LogP contribution in [0.5, 0.6) is 0 Å². The summed E-state index contributed by atoms with van der Waals surface area (Å²) in [5.41, 5.74) is 0.467. The molecule has 0 aromatic rings. The number of likely N-dealkylation sites (tertiary alicyclic amines) is 1. The molecule has 2 nitrogen and oxygen atoms in total. The van der Waals surface area contributed by atoms with Crippen molar-refractivity contribution >= 4 is 0 Å². The molecule has 1 saturated carbocycles. The summed E-state index contributed by atoms with van der Waals surface area (Å²) >= 11 is 0. The summed E-state index contributed by atoms with van der Waals surface area (Å²) in [5, 5.41) is 3.79. The lowest BCUT2D eigenvalue weighted by Gasteiger charge is -2.46. The van der Waals surface area contributed by atoms with Crippen LogP contribution in [0.25, 0.3) is 0 Å². The molecule has 0 aromatic carbocycles. The van der Waals surface area contributed by atoms with E-state index in [-0.39, 0.29) is 0 Å². The molecule has 0 aromatic heterocycles. The van der Waals surface area contributed by atoms with Gasteiger partial charge in [-0.05, 0) is 75.4 Å². The van der Waals surface area contributed by atoms with Crippen LogP contribution in [0.3, 0.4) is 0 Å². The average molecular weight is 295 g/mol. The highest BCUT2D eigenvalue weighted by atomic mass is 15.2. The lowest BCUT2D eigenvalue weighted by atomic mass is 9.69. The van der Waals surface area contributed by atoms with Gasteiger partial charge < -0.3 is 5.32 Å². The fraction of sp³-hybridized carbons (Fsp3) is 1.00. The Hall–Kier alpha value is -0.0800. The standard InChI is InChI=1S/C19H38N2/c1-6-20-17-10-9-16(19(3,4)5)14-18(17)21-12-7-8-15(2)11-13-21/h15-18,20H,6-14H2,1-5H3. The molecule has 1 heterocycles. The summed E-state index contributed by atoms with van der Waals surface area (Å²) in [7, 11) is 0. The third kappa shape index (κ3) is 4.69. The molecule has 2 fully saturated rings. The number of hydrogen-bond donors (Lipinski definition) is 1. The first-order chi connectivity index (χ1) is 9.91. The molecule has 2 heteroatoms. The van der Waals surface area contributed by atoms with Gasteiger partial charge in [0.1, 0.15) is 0 Å². The fourth-order valence-electron chi connectivity index (χ4n) is 4.45. The molecule has 0 bridgehead atoms. The molecule has 1 aliphatic heterocycles. The lowest BCUT2D eigenvalue weighted by molar-refractivity contribution is 0.0599. The zero-order chi connectivity index (χ0) is 15.5. The summed E-state index contributed by atoms with van der Waals surface area (Å²) in [4.78, 5) is 2.84. The van der Waals surface area contributed by atoms with E-state index in [2.05, 4.69) is 44.8 Å². The number of hydrogen-bond acceptors (Lipinski definition) is 2. The maximum Gasteiger partial charge on any atom is 0.0252 e. The number of rotatable bonds is 3. The van der Waals surface area contributed by atoms with Crippen molar-refractivity contribution in [3.8, 4) is 0 Å². The minimum Gasteiger partial charge on any atom is -0.313 e. The van der Waals surface area contributed by atoms with Gasteiger partial charge in [0.05, 0.1) is 0 Å². The van der Waals surface area contributed by atoms with Crippen LogP contribution in [-0.2, 0) is 0 Å². The molecule has 4 unspecified atom stereocenters. The molecule has 4 atom stereocenters. The molecule has 0 amide bonds. The largest absolute Gasteiger partial charge is 0.313 e. The molecule has 0 spiro atoms. The van der Waals surface area contributed by atoms with E-state index in [0.29, 0.717) is 5.41 Å². The molecule has 1 aliphatic carbocycles. The number of nitrogens with zero attached hydrogens (tertiary/aromatic N) is 1. The van der Waals surface area contributed by atoms with E-state index in [0.717, 1.165) is 30.5 Å². The average Bonchev–Trinajstić information content (AvgIpc) is 2.63. The first kappa shape index (κ1) is 17.3. The summed E-state index contributed by atoms with van der Waals surface area (Å²) in [6.07, 6.45) is 8.40. The van der Waals surface area contributed by atoms with Crippen LogP contribution in [0, 0.1) is 17.3 Å². The number of likely N-dealkylation sites (N-methyl/N-ethyl adjacent to an activating group) is 1. The van der Waals surface area contributed by atoms with Crippen LogP contribution in [-0.4, -0.2) is 36.6 Å². The molecule has 2 aliphatic rings. The minimum atomic E-state index is 0.467. The predicted molar refractivity (Wildman–Crippen MR) is 92.6 cm³/mol. The van der Waals surface area contributed by atoms with Crippen LogP contribution in [0.2, 0.25) is 0 Å². The van der Waals surface area contributed by atoms with Crippen LogP contribution < -0.4 is 5.32 Å². The van der Waals surface area contributed by atoms with Crippen LogP contribution in [0.1, 0.15) is 73.1 Å². The highest BCUT2D eigenvalue weighted by Gasteiger charge is 2.38. The minimum absolute atomic E-state index is 0.467. The van der Waals surface area contributed by atoms with Gasteiger partial charge in [-0.2, -0.15) is 0 Å². The maximum absolute atomic E-state index is 3.79. The van der Waals surface area contributed by atoms with Crippen LogP contribution in [0.15, 0.2) is 0 Å². The second kappa shape index (κ2) is 7.46.